The highest BCUT2D eigenvalue weighted by Gasteiger charge is 2.18. The predicted octanol–water partition coefficient (Wildman–Crippen LogP) is 4.84. The van der Waals surface area contributed by atoms with Crippen LogP contribution in [-0.4, -0.2) is 29.4 Å². The van der Waals surface area contributed by atoms with E-state index in [1.165, 1.54) is 11.1 Å². The minimum absolute atomic E-state index is 0.238. The third-order valence-electron chi connectivity index (χ3n) is 4.56. The van der Waals surface area contributed by atoms with Gasteiger partial charge in [-0.2, -0.15) is 0 Å². The Morgan fingerprint density at radius 2 is 2.11 bits per heavy atom. The van der Waals surface area contributed by atoms with Crippen LogP contribution in [0.4, 0.5) is 0 Å². The maximum absolute atomic E-state index is 10.4. The van der Waals surface area contributed by atoms with Crippen LogP contribution in [0.2, 0.25) is 0 Å². The molecule has 0 amide bonds. The molecule has 0 aliphatic carbocycles. The number of aliphatic hydroxyl groups excluding tert-OH is 1. The Bertz CT molecular complexity index is 818. The van der Waals surface area contributed by atoms with Crippen LogP contribution in [0, 0.1) is 6.92 Å². The zero-order valence-corrected chi connectivity index (χ0v) is 17.0. The number of benzene rings is 1. The van der Waals surface area contributed by atoms with Crippen molar-refractivity contribution in [3.8, 4) is 0 Å². The molecule has 1 atom stereocenters. The summed E-state index contributed by atoms with van der Waals surface area (Å²) in [6.07, 6.45) is 4.80. The van der Waals surface area contributed by atoms with Crippen LogP contribution in [0.25, 0.3) is 6.08 Å². The Morgan fingerprint density at radius 1 is 1.33 bits per heavy atom. The van der Waals surface area contributed by atoms with Crippen LogP contribution in [0.15, 0.2) is 46.9 Å². The summed E-state index contributed by atoms with van der Waals surface area (Å²) >= 11 is 1.62. The molecule has 1 aliphatic rings. The lowest BCUT2D eigenvalue weighted by Gasteiger charge is -2.12. The summed E-state index contributed by atoms with van der Waals surface area (Å²) in [5, 5.41) is 13.5. The van der Waals surface area contributed by atoms with Gasteiger partial charge in [0.2, 0.25) is 0 Å². The van der Waals surface area contributed by atoms with Gasteiger partial charge in [-0.3, -0.25) is 0 Å². The van der Waals surface area contributed by atoms with Gasteiger partial charge in [-0.25, -0.2) is 4.98 Å². The lowest BCUT2D eigenvalue weighted by atomic mass is 10.0. The molecule has 4 nitrogen and oxygen atoms in total. The zero-order valence-electron chi connectivity index (χ0n) is 16.1. The molecular formula is C22H27NO3S. The summed E-state index contributed by atoms with van der Waals surface area (Å²) in [6.45, 7) is 7.34. The van der Waals surface area contributed by atoms with Gasteiger partial charge in [-0.15, -0.1) is 11.3 Å². The van der Waals surface area contributed by atoms with Crippen LogP contribution in [0.3, 0.4) is 0 Å². The molecule has 0 saturated carbocycles. The number of rotatable bonds is 7. The number of aryl methyl sites for hydroxylation is 1. The van der Waals surface area contributed by atoms with Gasteiger partial charge in [-0.05, 0) is 50.8 Å². The lowest BCUT2D eigenvalue weighted by Crippen LogP contribution is -2.07. The topological polar surface area (TPSA) is 51.6 Å². The summed E-state index contributed by atoms with van der Waals surface area (Å²) in [6, 6.07) is 8.33. The minimum Gasteiger partial charge on any atom is -0.388 e. The Labute approximate surface area is 165 Å². The Kier molecular flexibility index (Phi) is 6.96. The van der Waals surface area contributed by atoms with Crippen molar-refractivity contribution >= 4 is 17.4 Å². The number of hydrogen-bond donors (Lipinski definition) is 1. The molecule has 144 valence electrons. The quantitative estimate of drug-likeness (QED) is 0.693. The number of aliphatic hydroxyl groups is 1. The van der Waals surface area contributed by atoms with Crippen LogP contribution in [0.5, 0.6) is 0 Å². The predicted molar refractivity (Wildman–Crippen MR) is 110 cm³/mol. The van der Waals surface area contributed by atoms with E-state index in [1.54, 1.807) is 11.3 Å². The second-order valence-corrected chi connectivity index (χ2v) is 8.04. The number of nitrogens with zero attached hydrogens (tertiary/aromatic N) is 1. The SMILES string of the molecule is CC(=CC[C@H](O)C(C)=Cc1csc(C)n1)Cc1cccc(C2OCCO2)c1. The van der Waals surface area contributed by atoms with Crippen molar-refractivity contribution in [2.75, 3.05) is 13.2 Å². The van der Waals surface area contributed by atoms with Crippen LogP contribution < -0.4 is 0 Å². The maximum Gasteiger partial charge on any atom is 0.184 e. The van der Waals surface area contributed by atoms with Crippen molar-refractivity contribution < 1.29 is 14.6 Å². The molecule has 1 aliphatic heterocycles. The van der Waals surface area contributed by atoms with E-state index in [9.17, 15) is 5.11 Å². The smallest absolute Gasteiger partial charge is 0.184 e. The highest BCUT2D eigenvalue weighted by atomic mass is 32.1. The van der Waals surface area contributed by atoms with Gasteiger partial charge in [0.1, 0.15) is 0 Å². The first-order chi connectivity index (χ1) is 13.0. The first-order valence-corrected chi connectivity index (χ1v) is 10.2. The number of hydrogen-bond acceptors (Lipinski definition) is 5. The van der Waals surface area contributed by atoms with Crippen molar-refractivity contribution in [1.29, 1.82) is 0 Å². The highest BCUT2D eigenvalue weighted by Crippen LogP contribution is 2.24. The normalized spacial score (nSPS) is 17.5. The summed E-state index contributed by atoms with van der Waals surface area (Å²) in [5.41, 5.74) is 5.37. The first-order valence-electron chi connectivity index (χ1n) is 9.27. The molecular weight excluding hydrogens is 358 g/mol. The summed E-state index contributed by atoms with van der Waals surface area (Å²) < 4.78 is 11.1. The summed E-state index contributed by atoms with van der Waals surface area (Å²) in [5.74, 6) is 0. The number of allylic oxidation sites excluding steroid dienone is 1. The molecule has 1 aromatic carbocycles. The largest absolute Gasteiger partial charge is 0.388 e. The van der Waals surface area contributed by atoms with E-state index < -0.39 is 6.10 Å². The monoisotopic (exact) mass is 385 g/mol. The molecule has 0 bridgehead atoms. The van der Waals surface area contributed by atoms with Crippen molar-refractivity contribution in [2.45, 2.75) is 46.0 Å². The number of ether oxygens (including phenoxy) is 2. The van der Waals surface area contributed by atoms with Gasteiger partial charge >= 0.3 is 0 Å². The van der Waals surface area contributed by atoms with E-state index in [1.807, 2.05) is 37.4 Å². The molecule has 5 heteroatoms. The van der Waals surface area contributed by atoms with Gasteiger partial charge in [0.25, 0.3) is 0 Å². The third-order valence-corrected chi connectivity index (χ3v) is 5.35. The first kappa shape index (κ1) is 20.0. The van der Waals surface area contributed by atoms with Gasteiger partial charge in [0, 0.05) is 10.9 Å². The molecule has 0 spiro atoms. The third kappa shape index (κ3) is 5.84. The standard InChI is InChI=1S/C22H27NO3S/c1-15(7-8-21(24)16(2)12-20-14-27-17(3)23-20)11-18-5-4-6-19(13-18)22-25-9-10-26-22/h4-7,12-14,21-22,24H,8-11H2,1-3H3/t21-/m0/s1. The van der Waals surface area contributed by atoms with Gasteiger partial charge in [0.05, 0.1) is 30.0 Å². The second kappa shape index (κ2) is 9.42. The Balaban J connectivity index is 1.57. The molecule has 3 rings (SSSR count). The van der Waals surface area contributed by atoms with Crippen molar-refractivity contribution in [1.82, 2.24) is 4.98 Å². The summed E-state index contributed by atoms with van der Waals surface area (Å²) in [4.78, 5) is 4.42. The van der Waals surface area contributed by atoms with Crippen LogP contribution >= 0.6 is 11.3 Å². The Hall–Kier alpha value is -1.79. The second-order valence-electron chi connectivity index (χ2n) is 6.98. The van der Waals surface area contributed by atoms with E-state index in [0.29, 0.717) is 19.6 Å². The molecule has 2 aromatic rings. The number of aromatic nitrogens is 1. The molecule has 0 radical (unpaired) electrons. The number of thiazole rings is 1. The molecule has 0 unspecified atom stereocenters. The van der Waals surface area contributed by atoms with E-state index in [2.05, 4.69) is 30.1 Å². The zero-order chi connectivity index (χ0) is 19.2. The van der Waals surface area contributed by atoms with E-state index in [-0.39, 0.29) is 6.29 Å². The van der Waals surface area contributed by atoms with Crippen molar-refractivity contribution in [3.63, 3.8) is 0 Å². The fourth-order valence-electron chi connectivity index (χ4n) is 3.07. The molecule has 1 aromatic heterocycles. The molecule has 1 N–H and O–H groups in total. The average molecular weight is 386 g/mol. The van der Waals surface area contributed by atoms with E-state index in [4.69, 9.17) is 9.47 Å². The average Bonchev–Trinajstić information content (AvgIpc) is 3.32. The molecule has 1 fully saturated rings. The fraction of sp³-hybridized carbons (Fsp3) is 0.409. The summed E-state index contributed by atoms with van der Waals surface area (Å²) in [7, 11) is 0. The molecule has 2 heterocycles. The van der Waals surface area contributed by atoms with Gasteiger partial charge < -0.3 is 14.6 Å². The fourth-order valence-corrected chi connectivity index (χ4v) is 3.64. The maximum atomic E-state index is 10.4. The Morgan fingerprint density at radius 3 is 2.81 bits per heavy atom. The van der Waals surface area contributed by atoms with Gasteiger partial charge in [-0.1, -0.05) is 35.9 Å². The van der Waals surface area contributed by atoms with Gasteiger partial charge in [0.15, 0.2) is 6.29 Å². The highest BCUT2D eigenvalue weighted by molar-refractivity contribution is 7.09. The molecule has 1 saturated heterocycles. The minimum atomic E-state index is -0.492. The van der Waals surface area contributed by atoms with Crippen molar-refractivity contribution in [3.05, 3.63) is 68.7 Å². The van der Waals surface area contributed by atoms with Crippen LogP contribution in [0.1, 0.15) is 48.4 Å². The van der Waals surface area contributed by atoms with Crippen molar-refractivity contribution in [2.24, 2.45) is 0 Å². The lowest BCUT2D eigenvalue weighted by molar-refractivity contribution is -0.0441. The van der Waals surface area contributed by atoms with Crippen LogP contribution in [-0.2, 0) is 15.9 Å². The molecule has 27 heavy (non-hydrogen) atoms. The van der Waals surface area contributed by atoms with E-state index >= 15 is 0 Å². The van der Waals surface area contributed by atoms with E-state index in [0.717, 1.165) is 28.3 Å².